The van der Waals surface area contributed by atoms with Gasteiger partial charge < -0.3 is 15.4 Å². The number of benzene rings is 3. The third-order valence-electron chi connectivity index (χ3n) is 5.22. The van der Waals surface area contributed by atoms with Crippen LogP contribution in [0.5, 0.6) is 5.75 Å². The normalized spacial score (nSPS) is 10.6. The molecule has 0 aliphatic rings. The minimum atomic E-state index is -0.450. The van der Waals surface area contributed by atoms with Crippen molar-refractivity contribution in [2.45, 2.75) is 24.0 Å². The summed E-state index contributed by atoms with van der Waals surface area (Å²) < 4.78 is 7.08. The van der Waals surface area contributed by atoms with E-state index < -0.39 is 4.92 Å². The lowest BCUT2D eigenvalue weighted by Gasteiger charge is -2.12. The van der Waals surface area contributed by atoms with Gasteiger partial charge in [0.25, 0.3) is 5.69 Å². The number of ether oxygens (including phenoxy) is 1. The lowest BCUT2D eigenvalue weighted by Crippen LogP contribution is -2.35. The Bertz CT molecular complexity index is 1330. The molecule has 0 fully saturated rings. The number of carbonyl (C=O) groups is 1. The van der Waals surface area contributed by atoms with Crippen LogP contribution in [0.15, 0.2) is 84.0 Å². The van der Waals surface area contributed by atoms with Crippen LogP contribution in [-0.4, -0.2) is 32.8 Å². The molecule has 4 aromatic rings. The molecule has 4 rings (SSSR count). The Balaban J connectivity index is 1.50. The highest BCUT2D eigenvalue weighted by Gasteiger charge is 2.17. The third-order valence-corrected chi connectivity index (χ3v) is 6.22. The molecule has 0 aliphatic carbocycles. The van der Waals surface area contributed by atoms with E-state index in [1.54, 1.807) is 23.8 Å². The highest BCUT2D eigenvalue weighted by molar-refractivity contribution is 7.98. The standard InChI is InChI=1S/C25H24N6O4S/c1-35-22-9-5-8-19(14-22)17-36-25-29-28-23(30(25)20-10-12-21(13-11-20)31(33)34)16-27-24(32)26-15-18-6-3-2-4-7-18/h2-14H,15-17H2,1H3,(H2,26,27,32). The molecule has 1 heterocycles. The van der Waals surface area contributed by atoms with E-state index in [9.17, 15) is 14.9 Å². The fraction of sp³-hybridized carbons (Fsp3) is 0.160. The Morgan fingerprint density at radius 1 is 0.972 bits per heavy atom. The quantitative estimate of drug-likeness (QED) is 0.185. The highest BCUT2D eigenvalue weighted by Crippen LogP contribution is 2.27. The van der Waals surface area contributed by atoms with Crippen molar-refractivity contribution in [1.29, 1.82) is 0 Å². The zero-order valence-corrected chi connectivity index (χ0v) is 20.3. The van der Waals surface area contributed by atoms with Gasteiger partial charge in [-0.25, -0.2) is 4.79 Å². The number of rotatable bonds is 10. The van der Waals surface area contributed by atoms with Gasteiger partial charge in [0, 0.05) is 30.1 Å². The zero-order valence-electron chi connectivity index (χ0n) is 19.5. The smallest absolute Gasteiger partial charge is 0.315 e. The molecular weight excluding hydrogens is 480 g/mol. The fourth-order valence-corrected chi connectivity index (χ4v) is 4.31. The van der Waals surface area contributed by atoms with E-state index in [1.165, 1.54) is 23.9 Å². The van der Waals surface area contributed by atoms with Crippen molar-refractivity contribution >= 4 is 23.5 Å². The Morgan fingerprint density at radius 3 is 2.42 bits per heavy atom. The molecule has 0 saturated heterocycles. The first kappa shape index (κ1) is 24.7. The van der Waals surface area contributed by atoms with Gasteiger partial charge in [0.05, 0.1) is 18.6 Å². The van der Waals surface area contributed by atoms with Gasteiger partial charge in [0.1, 0.15) is 5.75 Å². The number of methoxy groups -OCH3 is 1. The van der Waals surface area contributed by atoms with Crippen molar-refractivity contribution in [1.82, 2.24) is 25.4 Å². The summed E-state index contributed by atoms with van der Waals surface area (Å²) in [4.78, 5) is 23.0. The number of nitrogens with one attached hydrogen (secondary N) is 2. The van der Waals surface area contributed by atoms with E-state index in [0.29, 0.717) is 29.0 Å². The van der Waals surface area contributed by atoms with Crippen LogP contribution in [0.3, 0.4) is 0 Å². The molecule has 0 saturated carbocycles. The maximum atomic E-state index is 12.4. The Labute approximate surface area is 211 Å². The van der Waals surface area contributed by atoms with Crippen molar-refractivity contribution in [2.75, 3.05) is 7.11 Å². The first-order chi connectivity index (χ1) is 17.5. The van der Waals surface area contributed by atoms with Crippen LogP contribution in [0.4, 0.5) is 10.5 Å². The molecule has 0 aliphatic heterocycles. The number of aromatic nitrogens is 3. The molecule has 0 unspecified atom stereocenters. The minimum Gasteiger partial charge on any atom is -0.497 e. The van der Waals surface area contributed by atoms with Gasteiger partial charge in [0.15, 0.2) is 11.0 Å². The predicted molar refractivity (Wildman–Crippen MR) is 136 cm³/mol. The summed E-state index contributed by atoms with van der Waals surface area (Å²) in [6.45, 7) is 0.508. The summed E-state index contributed by atoms with van der Waals surface area (Å²) in [5, 5.41) is 25.9. The lowest BCUT2D eigenvalue weighted by atomic mass is 10.2. The number of nitro groups is 1. The van der Waals surface area contributed by atoms with Crippen LogP contribution in [0.2, 0.25) is 0 Å². The van der Waals surface area contributed by atoms with E-state index in [2.05, 4.69) is 20.8 Å². The number of nitro benzene ring substituents is 1. The number of non-ortho nitro benzene ring substituents is 1. The maximum Gasteiger partial charge on any atom is 0.315 e. The van der Waals surface area contributed by atoms with Crippen molar-refractivity contribution in [3.63, 3.8) is 0 Å². The van der Waals surface area contributed by atoms with E-state index in [-0.39, 0.29) is 18.3 Å². The molecule has 2 N–H and O–H groups in total. The highest BCUT2D eigenvalue weighted by atomic mass is 32.2. The van der Waals surface area contributed by atoms with Crippen molar-refractivity contribution < 1.29 is 14.5 Å². The van der Waals surface area contributed by atoms with E-state index in [1.807, 2.05) is 54.6 Å². The van der Waals surface area contributed by atoms with Crippen LogP contribution < -0.4 is 15.4 Å². The molecule has 0 atom stereocenters. The summed E-state index contributed by atoms with van der Waals surface area (Å²) in [7, 11) is 1.62. The summed E-state index contributed by atoms with van der Waals surface area (Å²) >= 11 is 1.46. The van der Waals surface area contributed by atoms with Crippen molar-refractivity contribution in [3.05, 3.63) is 106 Å². The molecule has 11 heteroatoms. The molecule has 1 aromatic heterocycles. The number of carbonyl (C=O) groups excluding carboxylic acids is 1. The number of thioether (sulfide) groups is 1. The Morgan fingerprint density at radius 2 is 1.69 bits per heavy atom. The zero-order chi connectivity index (χ0) is 25.3. The average Bonchev–Trinajstić information content (AvgIpc) is 3.33. The second kappa shape index (κ2) is 11.8. The van der Waals surface area contributed by atoms with Crippen molar-refractivity contribution in [3.8, 4) is 11.4 Å². The van der Waals surface area contributed by atoms with Gasteiger partial charge in [-0.15, -0.1) is 10.2 Å². The summed E-state index contributed by atoms with van der Waals surface area (Å²) in [5.41, 5.74) is 2.66. The van der Waals surface area contributed by atoms with Crippen LogP contribution >= 0.6 is 11.8 Å². The molecule has 10 nitrogen and oxygen atoms in total. The molecule has 2 amide bonds. The summed E-state index contributed by atoms with van der Waals surface area (Å²) in [6.07, 6.45) is 0. The minimum absolute atomic E-state index is 0.0163. The maximum absolute atomic E-state index is 12.4. The fourth-order valence-electron chi connectivity index (χ4n) is 3.40. The molecule has 0 radical (unpaired) electrons. The average molecular weight is 505 g/mol. The van der Waals surface area contributed by atoms with Gasteiger partial charge in [0.2, 0.25) is 0 Å². The molecule has 0 spiro atoms. The van der Waals surface area contributed by atoms with E-state index in [0.717, 1.165) is 16.9 Å². The summed E-state index contributed by atoms with van der Waals surface area (Å²) in [5.74, 6) is 1.86. The Kier molecular flexibility index (Phi) is 8.14. The molecular formula is C25H24N6O4S. The van der Waals surface area contributed by atoms with Crippen LogP contribution in [0.1, 0.15) is 17.0 Å². The van der Waals surface area contributed by atoms with E-state index >= 15 is 0 Å². The topological polar surface area (TPSA) is 124 Å². The second-order valence-electron chi connectivity index (χ2n) is 7.67. The van der Waals surface area contributed by atoms with Gasteiger partial charge in [-0.2, -0.15) is 0 Å². The monoisotopic (exact) mass is 504 g/mol. The molecule has 184 valence electrons. The van der Waals surface area contributed by atoms with Crippen molar-refractivity contribution in [2.24, 2.45) is 0 Å². The lowest BCUT2D eigenvalue weighted by molar-refractivity contribution is -0.384. The SMILES string of the molecule is COc1cccc(CSc2nnc(CNC(=O)NCc3ccccc3)n2-c2ccc([N+](=O)[O-])cc2)c1. The number of hydrogen-bond donors (Lipinski definition) is 2. The number of hydrogen-bond acceptors (Lipinski definition) is 7. The third kappa shape index (κ3) is 6.39. The van der Waals surface area contributed by atoms with Crippen LogP contribution in [0.25, 0.3) is 5.69 Å². The molecule has 3 aromatic carbocycles. The van der Waals surface area contributed by atoms with Gasteiger partial charge in [-0.3, -0.25) is 14.7 Å². The van der Waals surface area contributed by atoms with Gasteiger partial charge >= 0.3 is 6.03 Å². The first-order valence-electron chi connectivity index (χ1n) is 11.0. The van der Waals surface area contributed by atoms with Crippen LogP contribution in [-0.2, 0) is 18.8 Å². The number of urea groups is 1. The largest absolute Gasteiger partial charge is 0.497 e. The number of amides is 2. The first-order valence-corrected chi connectivity index (χ1v) is 12.0. The Hall–Kier alpha value is -4.38. The second-order valence-corrected chi connectivity index (χ2v) is 8.61. The number of nitrogens with zero attached hydrogens (tertiary/aromatic N) is 4. The van der Waals surface area contributed by atoms with Gasteiger partial charge in [-0.05, 0) is 35.4 Å². The molecule has 36 heavy (non-hydrogen) atoms. The summed E-state index contributed by atoms with van der Waals surface area (Å²) in [6, 6.07) is 23.1. The van der Waals surface area contributed by atoms with Gasteiger partial charge in [-0.1, -0.05) is 54.2 Å². The van der Waals surface area contributed by atoms with Crippen LogP contribution in [0, 0.1) is 10.1 Å². The van der Waals surface area contributed by atoms with E-state index in [4.69, 9.17) is 4.74 Å². The molecule has 0 bridgehead atoms. The predicted octanol–water partition coefficient (Wildman–Crippen LogP) is 4.48.